The Morgan fingerprint density at radius 3 is 1.90 bits per heavy atom. The molecule has 3 aromatic carbocycles. The lowest BCUT2D eigenvalue weighted by molar-refractivity contribution is -0.139. The van der Waals surface area contributed by atoms with Crippen LogP contribution in [0.15, 0.2) is 97.1 Å². The van der Waals surface area contributed by atoms with Gasteiger partial charge in [-0.15, -0.1) is 0 Å². The second-order valence-electron chi connectivity index (χ2n) is 15.5. The molecule has 0 bridgehead atoms. The van der Waals surface area contributed by atoms with Crippen molar-refractivity contribution in [2.24, 2.45) is 0 Å². The summed E-state index contributed by atoms with van der Waals surface area (Å²) in [5, 5.41) is 12.0. The molecule has 0 aliphatic carbocycles. The Labute approximate surface area is 302 Å². The maximum atomic E-state index is 11.7. The lowest BCUT2D eigenvalue weighted by Gasteiger charge is -2.43. The summed E-state index contributed by atoms with van der Waals surface area (Å²) in [7, 11) is -3.00. The van der Waals surface area contributed by atoms with Gasteiger partial charge in [-0.2, -0.15) is 0 Å². The van der Waals surface area contributed by atoms with Crippen LogP contribution < -0.4 is 15.1 Å². The van der Waals surface area contributed by atoms with Gasteiger partial charge in [0.2, 0.25) is 0 Å². The van der Waals surface area contributed by atoms with Crippen LogP contribution in [0.5, 0.6) is 5.75 Å². The van der Waals surface area contributed by atoms with Gasteiger partial charge >= 0.3 is 5.97 Å². The van der Waals surface area contributed by atoms with Crippen LogP contribution in [0.4, 0.5) is 0 Å². The minimum absolute atomic E-state index is 0.0333. The van der Waals surface area contributed by atoms with Crippen LogP contribution in [-0.4, -0.2) is 65.8 Å². The first kappa shape index (κ1) is 39.7. The SMILES string of the molecule is C=C1CC(CC(CC(=O)O)O[Si](C)(C)C)OC(C[C@H](CCO[Si](c2ccccc2)(c2ccccc2)C(C)(C)C)OCc2ccc(OC)cc2)C1. The van der Waals surface area contributed by atoms with E-state index in [1.165, 1.54) is 10.4 Å². The largest absolute Gasteiger partial charge is 0.497 e. The van der Waals surface area contributed by atoms with E-state index in [1.54, 1.807) is 7.11 Å². The average Bonchev–Trinajstić information content (AvgIpc) is 3.04. The maximum absolute atomic E-state index is 11.7. The summed E-state index contributed by atoms with van der Waals surface area (Å²) in [5.41, 5.74) is 2.18. The van der Waals surface area contributed by atoms with Crippen molar-refractivity contribution in [3.05, 3.63) is 103 Å². The number of aliphatic carboxylic acids is 1. The normalized spacial score (nSPS) is 18.4. The first-order valence-corrected chi connectivity index (χ1v) is 23.2. The lowest BCUT2D eigenvalue weighted by Crippen LogP contribution is -2.66. The van der Waals surface area contributed by atoms with E-state index in [0.29, 0.717) is 38.9 Å². The van der Waals surface area contributed by atoms with Crippen LogP contribution in [0.2, 0.25) is 24.7 Å². The summed E-state index contributed by atoms with van der Waals surface area (Å²) in [6, 6.07) is 29.4. The highest BCUT2D eigenvalue weighted by molar-refractivity contribution is 6.99. The van der Waals surface area contributed by atoms with E-state index in [9.17, 15) is 9.90 Å². The van der Waals surface area contributed by atoms with Crippen molar-refractivity contribution in [3.63, 3.8) is 0 Å². The number of hydrogen-bond acceptors (Lipinski definition) is 6. The first-order valence-electron chi connectivity index (χ1n) is 17.9. The molecule has 1 N–H and O–H groups in total. The van der Waals surface area contributed by atoms with Crippen LogP contribution in [0, 0.1) is 0 Å². The summed E-state index contributed by atoms with van der Waals surface area (Å²) >= 11 is 0. The van der Waals surface area contributed by atoms with Crippen molar-refractivity contribution in [2.45, 2.75) is 115 Å². The third-order valence-corrected chi connectivity index (χ3v) is 15.3. The molecule has 0 saturated carbocycles. The van der Waals surface area contributed by atoms with Crippen molar-refractivity contribution in [3.8, 4) is 5.75 Å². The Morgan fingerprint density at radius 2 is 1.42 bits per heavy atom. The van der Waals surface area contributed by atoms with Crippen LogP contribution in [0.25, 0.3) is 0 Å². The van der Waals surface area contributed by atoms with Gasteiger partial charge in [0, 0.05) is 13.0 Å². The van der Waals surface area contributed by atoms with Gasteiger partial charge in [-0.05, 0) is 78.4 Å². The highest BCUT2D eigenvalue weighted by Crippen LogP contribution is 2.37. The number of carboxylic acids is 1. The number of carbonyl (C=O) groups is 1. The van der Waals surface area contributed by atoms with Gasteiger partial charge in [-0.25, -0.2) is 0 Å². The third-order valence-electron chi connectivity index (χ3n) is 9.21. The molecule has 0 aromatic heterocycles. The molecule has 0 radical (unpaired) electrons. The molecule has 3 aromatic rings. The Hall–Kier alpha value is -3.06. The highest BCUT2D eigenvalue weighted by Gasteiger charge is 2.50. The molecular weight excluding hydrogens is 661 g/mol. The van der Waals surface area contributed by atoms with Crippen LogP contribution in [0.3, 0.4) is 0 Å². The third kappa shape index (κ3) is 11.5. The van der Waals surface area contributed by atoms with E-state index in [0.717, 1.165) is 23.3 Å². The molecule has 1 aliphatic heterocycles. The Morgan fingerprint density at radius 1 is 0.880 bits per heavy atom. The molecule has 4 rings (SSSR count). The lowest BCUT2D eigenvalue weighted by atomic mass is 9.92. The van der Waals surface area contributed by atoms with Crippen molar-refractivity contribution in [1.29, 1.82) is 0 Å². The number of methoxy groups -OCH3 is 1. The smallest absolute Gasteiger partial charge is 0.305 e. The van der Waals surface area contributed by atoms with E-state index in [2.05, 4.69) is 108 Å². The molecular formula is C41H58O7Si2. The van der Waals surface area contributed by atoms with Gasteiger partial charge in [0.15, 0.2) is 8.32 Å². The van der Waals surface area contributed by atoms with E-state index in [4.69, 9.17) is 23.1 Å². The fourth-order valence-electron chi connectivity index (χ4n) is 7.14. The van der Waals surface area contributed by atoms with Crippen LogP contribution in [0.1, 0.15) is 64.9 Å². The Kier molecular flexibility index (Phi) is 14.2. The van der Waals surface area contributed by atoms with Gasteiger partial charge in [-0.3, -0.25) is 4.79 Å². The van der Waals surface area contributed by atoms with E-state index in [-0.39, 0.29) is 29.8 Å². The second-order valence-corrected chi connectivity index (χ2v) is 24.3. The van der Waals surface area contributed by atoms with Crippen molar-refractivity contribution in [1.82, 2.24) is 0 Å². The molecule has 0 amide bonds. The van der Waals surface area contributed by atoms with Crippen molar-refractivity contribution in [2.75, 3.05) is 13.7 Å². The predicted molar refractivity (Wildman–Crippen MR) is 207 cm³/mol. The molecule has 4 atom stereocenters. The molecule has 3 unspecified atom stereocenters. The summed E-state index contributed by atoms with van der Waals surface area (Å²) in [6.45, 7) is 18.5. The number of rotatable bonds is 18. The predicted octanol–water partition coefficient (Wildman–Crippen LogP) is 8.13. The van der Waals surface area contributed by atoms with E-state index in [1.807, 2.05) is 24.3 Å². The summed E-state index contributed by atoms with van der Waals surface area (Å²) in [6.07, 6.45) is 2.52. The summed E-state index contributed by atoms with van der Waals surface area (Å²) < 4.78 is 32.3. The maximum Gasteiger partial charge on any atom is 0.305 e. The van der Waals surface area contributed by atoms with Gasteiger partial charge < -0.3 is 28.2 Å². The molecule has 9 heteroatoms. The van der Waals surface area contributed by atoms with E-state index < -0.39 is 28.7 Å². The molecule has 50 heavy (non-hydrogen) atoms. The fraction of sp³-hybridized carbons (Fsp3) is 0.488. The minimum atomic E-state index is -2.71. The number of ether oxygens (including phenoxy) is 3. The molecule has 272 valence electrons. The minimum Gasteiger partial charge on any atom is -0.497 e. The van der Waals surface area contributed by atoms with Gasteiger partial charge in [0.1, 0.15) is 5.75 Å². The summed E-state index contributed by atoms with van der Waals surface area (Å²) in [4.78, 5) is 11.7. The van der Waals surface area contributed by atoms with Crippen molar-refractivity contribution < 1.29 is 33.0 Å². The average molecular weight is 719 g/mol. The standard InChI is InChI=1S/C41H58O7Si2/c1-31-25-35(47-36(26-31)28-37(29-40(42)43)48-49(6,7)8)27-34(45-30-32-19-21-33(44-5)22-20-32)23-24-46-50(41(2,3)4,38-15-11-9-12-16-38)39-17-13-10-14-18-39/h9-22,34-37H,1,23-30H2,2-8H3,(H,42,43)/t34-,35?,36?,37?/m0/s1. The monoisotopic (exact) mass is 718 g/mol. The molecule has 1 heterocycles. The number of hydrogen-bond donors (Lipinski definition) is 1. The number of carboxylic acid groups (broad SMARTS) is 1. The molecule has 1 fully saturated rings. The molecule has 1 saturated heterocycles. The zero-order valence-electron chi connectivity index (χ0n) is 31.2. The molecule has 7 nitrogen and oxygen atoms in total. The summed E-state index contributed by atoms with van der Waals surface area (Å²) in [5.74, 6) is -0.0456. The zero-order valence-corrected chi connectivity index (χ0v) is 33.2. The second kappa shape index (κ2) is 17.9. The Bertz CT molecular complexity index is 1440. The van der Waals surface area contributed by atoms with Crippen molar-refractivity contribution >= 4 is 33.0 Å². The molecule has 1 aliphatic rings. The van der Waals surface area contributed by atoms with Crippen LogP contribution in [-0.2, 0) is 29.7 Å². The van der Waals surface area contributed by atoms with Gasteiger partial charge in [0.25, 0.3) is 8.32 Å². The topological polar surface area (TPSA) is 83.5 Å². The zero-order chi connectivity index (χ0) is 36.4. The van der Waals surface area contributed by atoms with E-state index >= 15 is 0 Å². The van der Waals surface area contributed by atoms with Crippen LogP contribution >= 0.6 is 0 Å². The van der Waals surface area contributed by atoms with Gasteiger partial charge in [-0.1, -0.05) is 106 Å². The number of benzene rings is 3. The molecule has 0 spiro atoms. The quantitative estimate of drug-likeness (QED) is 0.105. The first-order chi connectivity index (χ1) is 23.7. The fourth-order valence-corrected chi connectivity index (χ4v) is 12.9. The highest BCUT2D eigenvalue weighted by atomic mass is 28.4. The Balaban J connectivity index is 1.55. The van der Waals surface area contributed by atoms with Gasteiger partial charge in [0.05, 0.1) is 44.6 Å².